The van der Waals surface area contributed by atoms with E-state index < -0.39 is 0 Å². The van der Waals surface area contributed by atoms with Crippen molar-refractivity contribution < 1.29 is 14.0 Å². The lowest BCUT2D eigenvalue weighted by Crippen LogP contribution is -2.40. The molecule has 1 atom stereocenters. The van der Waals surface area contributed by atoms with Crippen LogP contribution in [0.15, 0.2) is 67.0 Å². The van der Waals surface area contributed by atoms with Crippen LogP contribution in [0.4, 0.5) is 4.39 Å². The van der Waals surface area contributed by atoms with Crippen LogP contribution in [-0.4, -0.2) is 39.6 Å². The first kappa shape index (κ1) is 21.7. The molecule has 1 fully saturated rings. The van der Waals surface area contributed by atoms with E-state index in [2.05, 4.69) is 10.4 Å². The Morgan fingerprint density at radius 2 is 1.91 bits per heavy atom. The number of amides is 2. The Balaban J connectivity index is 1.32. The molecule has 1 N–H and O–H groups in total. The fourth-order valence-electron chi connectivity index (χ4n) is 4.18. The molecule has 1 unspecified atom stereocenters. The van der Waals surface area contributed by atoms with Crippen LogP contribution in [-0.2, 0) is 11.3 Å². The van der Waals surface area contributed by atoms with E-state index in [9.17, 15) is 14.0 Å². The number of piperidine rings is 1. The van der Waals surface area contributed by atoms with Gasteiger partial charge in [-0.25, -0.2) is 9.07 Å². The van der Waals surface area contributed by atoms with Gasteiger partial charge in [0.2, 0.25) is 5.91 Å². The number of carbonyl (C=O) groups excluding carboxylic acids is 2. The lowest BCUT2D eigenvalue weighted by atomic mass is 9.92. The molecule has 1 saturated heterocycles. The van der Waals surface area contributed by atoms with E-state index in [0.29, 0.717) is 37.1 Å². The second-order valence-corrected chi connectivity index (χ2v) is 8.13. The minimum atomic E-state index is -0.315. The lowest BCUT2D eigenvalue weighted by molar-refractivity contribution is -0.121. The fraction of sp³-hybridized carbons (Fsp3) is 0.320. The maximum absolute atomic E-state index is 13.7. The molecule has 0 bridgehead atoms. The van der Waals surface area contributed by atoms with Gasteiger partial charge >= 0.3 is 0 Å². The van der Waals surface area contributed by atoms with Crippen molar-refractivity contribution in [3.05, 3.63) is 83.9 Å². The third-order valence-electron chi connectivity index (χ3n) is 5.91. The molecule has 4 rings (SSSR count). The number of nitrogens with one attached hydrogen (secondary N) is 1. The third kappa shape index (κ3) is 5.22. The van der Waals surface area contributed by atoms with E-state index in [4.69, 9.17) is 0 Å². The van der Waals surface area contributed by atoms with Crippen LogP contribution in [0.3, 0.4) is 0 Å². The molecular weight excluding hydrogens is 407 g/mol. The zero-order valence-electron chi connectivity index (χ0n) is 17.9. The molecule has 3 aromatic rings. The van der Waals surface area contributed by atoms with Crippen molar-refractivity contribution in [1.29, 1.82) is 0 Å². The van der Waals surface area contributed by atoms with Crippen LogP contribution in [0.25, 0.3) is 5.69 Å². The van der Waals surface area contributed by atoms with Crippen LogP contribution in [0.2, 0.25) is 0 Å². The van der Waals surface area contributed by atoms with Crippen molar-refractivity contribution in [1.82, 2.24) is 20.0 Å². The third-order valence-corrected chi connectivity index (χ3v) is 5.91. The summed E-state index contributed by atoms with van der Waals surface area (Å²) in [6, 6.07) is 15.7. The molecular formula is C25H27FN4O2. The van der Waals surface area contributed by atoms with Gasteiger partial charge in [0.25, 0.3) is 5.91 Å². The van der Waals surface area contributed by atoms with Gasteiger partial charge in [0.05, 0.1) is 11.3 Å². The highest BCUT2D eigenvalue weighted by Crippen LogP contribution is 2.24. The lowest BCUT2D eigenvalue weighted by Gasteiger charge is -2.33. The molecule has 6 nitrogen and oxygen atoms in total. The Labute approximate surface area is 187 Å². The zero-order valence-corrected chi connectivity index (χ0v) is 17.9. The molecule has 32 heavy (non-hydrogen) atoms. The minimum absolute atomic E-state index is 0.00944. The summed E-state index contributed by atoms with van der Waals surface area (Å²) < 4.78 is 15.4. The van der Waals surface area contributed by atoms with E-state index in [-0.39, 0.29) is 30.1 Å². The molecule has 0 saturated carbocycles. The number of benzene rings is 2. The quantitative estimate of drug-likeness (QED) is 0.612. The highest BCUT2D eigenvalue weighted by atomic mass is 19.1. The maximum Gasteiger partial charge on any atom is 0.256 e. The fourth-order valence-corrected chi connectivity index (χ4v) is 4.18. The first-order chi connectivity index (χ1) is 15.6. The molecule has 0 aliphatic carbocycles. The van der Waals surface area contributed by atoms with Gasteiger partial charge in [0.15, 0.2) is 0 Å². The van der Waals surface area contributed by atoms with Crippen molar-refractivity contribution in [3.8, 4) is 5.69 Å². The van der Waals surface area contributed by atoms with Crippen molar-refractivity contribution >= 4 is 11.8 Å². The van der Waals surface area contributed by atoms with E-state index >= 15 is 0 Å². The number of hydrogen-bond donors (Lipinski definition) is 1. The second kappa shape index (κ2) is 10.2. The zero-order chi connectivity index (χ0) is 22.3. The Morgan fingerprint density at radius 3 is 2.72 bits per heavy atom. The number of hydrogen-bond acceptors (Lipinski definition) is 3. The van der Waals surface area contributed by atoms with Crippen molar-refractivity contribution in [2.75, 3.05) is 13.1 Å². The van der Waals surface area contributed by atoms with Gasteiger partial charge in [-0.15, -0.1) is 0 Å². The number of para-hydroxylation sites is 1. The molecule has 2 amide bonds. The van der Waals surface area contributed by atoms with Crippen molar-refractivity contribution in [2.24, 2.45) is 5.92 Å². The topological polar surface area (TPSA) is 67.2 Å². The Kier molecular flexibility index (Phi) is 6.94. The SMILES string of the molecule is O=C(CCC1CCCN(C(=O)c2ccccc2-n2cccn2)C1)NCc1ccccc1F. The van der Waals surface area contributed by atoms with Gasteiger partial charge < -0.3 is 10.2 Å². The maximum atomic E-state index is 13.7. The van der Waals surface area contributed by atoms with Gasteiger partial charge in [-0.2, -0.15) is 5.10 Å². The average molecular weight is 435 g/mol. The average Bonchev–Trinajstić information content (AvgIpc) is 3.37. The van der Waals surface area contributed by atoms with Gasteiger partial charge in [0.1, 0.15) is 5.82 Å². The van der Waals surface area contributed by atoms with Crippen molar-refractivity contribution in [3.63, 3.8) is 0 Å². The highest BCUT2D eigenvalue weighted by Gasteiger charge is 2.26. The van der Waals surface area contributed by atoms with Crippen LogP contribution in [0, 0.1) is 11.7 Å². The summed E-state index contributed by atoms with van der Waals surface area (Å²) in [7, 11) is 0. The van der Waals surface area contributed by atoms with E-state index in [1.54, 1.807) is 29.1 Å². The molecule has 0 spiro atoms. The summed E-state index contributed by atoms with van der Waals surface area (Å²) in [4.78, 5) is 27.4. The molecule has 166 valence electrons. The predicted molar refractivity (Wildman–Crippen MR) is 120 cm³/mol. The summed E-state index contributed by atoms with van der Waals surface area (Å²) in [5, 5.41) is 7.05. The van der Waals surface area contributed by atoms with E-state index in [0.717, 1.165) is 18.5 Å². The minimum Gasteiger partial charge on any atom is -0.352 e. The van der Waals surface area contributed by atoms with Crippen LogP contribution >= 0.6 is 0 Å². The molecule has 1 aliphatic heterocycles. The number of likely N-dealkylation sites (tertiary alicyclic amines) is 1. The summed E-state index contributed by atoms with van der Waals surface area (Å²) in [6.45, 7) is 1.53. The largest absolute Gasteiger partial charge is 0.352 e. The van der Waals surface area contributed by atoms with Crippen LogP contribution in [0.5, 0.6) is 0 Å². The smallest absolute Gasteiger partial charge is 0.256 e. The second-order valence-electron chi connectivity index (χ2n) is 8.13. The number of halogens is 1. The number of carbonyl (C=O) groups is 2. The van der Waals surface area contributed by atoms with Gasteiger partial charge in [0, 0.05) is 44.0 Å². The molecule has 1 aliphatic rings. The van der Waals surface area contributed by atoms with Crippen LogP contribution in [0.1, 0.15) is 41.6 Å². The van der Waals surface area contributed by atoms with Gasteiger partial charge in [-0.05, 0) is 49.4 Å². The highest BCUT2D eigenvalue weighted by molar-refractivity contribution is 5.97. The Morgan fingerprint density at radius 1 is 1.09 bits per heavy atom. The number of aromatic nitrogens is 2. The molecule has 1 aromatic heterocycles. The first-order valence-electron chi connectivity index (χ1n) is 11.0. The van der Waals surface area contributed by atoms with Gasteiger partial charge in [-0.3, -0.25) is 9.59 Å². The normalized spacial score (nSPS) is 16.0. The van der Waals surface area contributed by atoms with E-state index in [1.807, 2.05) is 41.4 Å². The van der Waals surface area contributed by atoms with Gasteiger partial charge in [-0.1, -0.05) is 30.3 Å². The number of rotatable bonds is 7. The molecule has 2 heterocycles. The molecule has 2 aromatic carbocycles. The Bertz CT molecular complexity index is 1070. The first-order valence-corrected chi connectivity index (χ1v) is 11.0. The summed E-state index contributed by atoms with van der Waals surface area (Å²) in [5.74, 6) is -0.154. The summed E-state index contributed by atoms with van der Waals surface area (Å²) in [6.07, 6.45) is 6.49. The summed E-state index contributed by atoms with van der Waals surface area (Å²) in [5.41, 5.74) is 1.86. The van der Waals surface area contributed by atoms with E-state index in [1.165, 1.54) is 6.07 Å². The summed E-state index contributed by atoms with van der Waals surface area (Å²) >= 11 is 0. The van der Waals surface area contributed by atoms with Crippen LogP contribution < -0.4 is 5.32 Å². The van der Waals surface area contributed by atoms with Crippen molar-refractivity contribution in [2.45, 2.75) is 32.2 Å². The monoisotopic (exact) mass is 434 g/mol. The Hall–Kier alpha value is -3.48. The predicted octanol–water partition coefficient (Wildman–Crippen LogP) is 3.96. The number of nitrogens with zero attached hydrogens (tertiary/aromatic N) is 3. The molecule has 7 heteroatoms. The molecule has 0 radical (unpaired) electrons. The standard InChI is InChI=1S/C25H27FN4O2/c26-22-10-3-1-8-20(22)17-27-24(31)13-12-19-7-5-15-29(18-19)25(32)21-9-2-4-11-23(21)30-16-6-14-28-30/h1-4,6,8-11,14,16,19H,5,7,12-13,15,17-18H2,(H,27,31).